The summed E-state index contributed by atoms with van der Waals surface area (Å²) in [6.07, 6.45) is -0.298. The van der Waals surface area contributed by atoms with Crippen molar-refractivity contribution in [2.75, 3.05) is 33.2 Å². The highest BCUT2D eigenvalue weighted by molar-refractivity contribution is 14.0. The molecule has 26 heavy (non-hydrogen) atoms. The van der Waals surface area contributed by atoms with E-state index < -0.39 is 11.0 Å². The van der Waals surface area contributed by atoms with Gasteiger partial charge in [0.1, 0.15) is 5.60 Å². The van der Waals surface area contributed by atoms with E-state index in [9.17, 15) is 9.59 Å². The first-order valence-electron chi connectivity index (χ1n) is 8.73. The number of likely N-dealkylation sites (tertiary alicyclic amines) is 1. The minimum Gasteiger partial charge on any atom is -0.444 e. The second-order valence-electron chi connectivity index (χ2n) is 7.88. The fourth-order valence-corrected chi connectivity index (χ4v) is 2.25. The lowest BCUT2D eigenvalue weighted by Gasteiger charge is -2.40. The van der Waals surface area contributed by atoms with Gasteiger partial charge < -0.3 is 25.6 Å². The predicted octanol–water partition coefficient (Wildman–Crippen LogP) is 1.55. The largest absolute Gasteiger partial charge is 0.444 e. The van der Waals surface area contributed by atoms with Crippen molar-refractivity contribution in [3.63, 3.8) is 0 Å². The molecule has 1 aliphatic heterocycles. The van der Waals surface area contributed by atoms with Gasteiger partial charge in [0.05, 0.1) is 18.0 Å². The molecule has 8 nitrogen and oxygen atoms in total. The molecule has 2 amide bonds. The maximum Gasteiger partial charge on any atom is 0.410 e. The SMILES string of the molecule is CCNC(=NCC(C)(C)C(=O)NC)NC1CN(C(=O)OC(C)(C)C)C1.I. The number of ether oxygens (including phenoxy) is 1. The van der Waals surface area contributed by atoms with Crippen LogP contribution in [-0.4, -0.2) is 67.7 Å². The van der Waals surface area contributed by atoms with Crippen LogP contribution in [0.25, 0.3) is 0 Å². The smallest absolute Gasteiger partial charge is 0.410 e. The minimum absolute atomic E-state index is 0. The second kappa shape index (κ2) is 10.2. The molecular formula is C17H34IN5O3. The number of aliphatic imine (C=N–C) groups is 1. The lowest BCUT2D eigenvalue weighted by Crippen LogP contribution is -2.63. The molecule has 1 aliphatic rings. The number of hydrogen-bond acceptors (Lipinski definition) is 4. The Labute approximate surface area is 173 Å². The molecule has 0 aromatic heterocycles. The fourth-order valence-electron chi connectivity index (χ4n) is 2.25. The minimum atomic E-state index is -0.584. The lowest BCUT2D eigenvalue weighted by atomic mass is 9.93. The highest BCUT2D eigenvalue weighted by Crippen LogP contribution is 2.16. The Morgan fingerprint density at radius 3 is 2.23 bits per heavy atom. The van der Waals surface area contributed by atoms with Gasteiger partial charge in [0.15, 0.2) is 5.96 Å². The van der Waals surface area contributed by atoms with Crippen LogP contribution in [0.1, 0.15) is 41.5 Å². The molecule has 0 saturated carbocycles. The molecule has 1 heterocycles. The Morgan fingerprint density at radius 1 is 1.19 bits per heavy atom. The molecule has 0 spiro atoms. The molecule has 1 fully saturated rings. The number of guanidine groups is 1. The standard InChI is InChI=1S/C17H33N5O3.HI/c1-8-19-14(20-11-17(5,6)13(23)18-7)21-12-9-22(10-12)15(24)25-16(2,3)4;/h12H,8-11H2,1-7H3,(H,18,23)(H2,19,20,21);1H. The summed E-state index contributed by atoms with van der Waals surface area (Å²) in [5.41, 5.74) is -1.07. The van der Waals surface area contributed by atoms with E-state index in [4.69, 9.17) is 4.74 Å². The van der Waals surface area contributed by atoms with Crippen LogP contribution in [0, 0.1) is 5.41 Å². The lowest BCUT2D eigenvalue weighted by molar-refractivity contribution is -0.128. The van der Waals surface area contributed by atoms with Crippen LogP contribution in [0.4, 0.5) is 4.79 Å². The number of halogens is 1. The molecule has 0 bridgehead atoms. The monoisotopic (exact) mass is 483 g/mol. The fraction of sp³-hybridized carbons (Fsp3) is 0.824. The molecule has 9 heteroatoms. The zero-order chi connectivity index (χ0) is 19.3. The van der Waals surface area contributed by atoms with Crippen LogP contribution in [0.2, 0.25) is 0 Å². The molecule has 0 aromatic rings. The molecule has 1 saturated heterocycles. The van der Waals surface area contributed by atoms with Gasteiger partial charge >= 0.3 is 6.09 Å². The maximum absolute atomic E-state index is 11.9. The topological polar surface area (TPSA) is 95.1 Å². The number of nitrogens with zero attached hydrogens (tertiary/aromatic N) is 2. The van der Waals surface area contributed by atoms with Gasteiger partial charge in [-0.15, -0.1) is 24.0 Å². The second-order valence-corrected chi connectivity index (χ2v) is 7.88. The third kappa shape index (κ3) is 7.96. The van der Waals surface area contributed by atoms with Crippen LogP contribution in [0.5, 0.6) is 0 Å². The summed E-state index contributed by atoms with van der Waals surface area (Å²) in [4.78, 5) is 30.0. The third-order valence-corrected chi connectivity index (χ3v) is 3.69. The summed E-state index contributed by atoms with van der Waals surface area (Å²) < 4.78 is 5.34. The number of carbonyl (C=O) groups is 2. The first-order chi connectivity index (χ1) is 11.5. The molecule has 0 unspecified atom stereocenters. The highest BCUT2D eigenvalue weighted by Gasteiger charge is 2.34. The van der Waals surface area contributed by atoms with Gasteiger partial charge in [-0.05, 0) is 41.5 Å². The van der Waals surface area contributed by atoms with E-state index in [0.29, 0.717) is 25.6 Å². The van der Waals surface area contributed by atoms with Gasteiger partial charge in [-0.3, -0.25) is 9.79 Å². The van der Waals surface area contributed by atoms with E-state index in [2.05, 4.69) is 20.9 Å². The van der Waals surface area contributed by atoms with Gasteiger partial charge in [-0.25, -0.2) is 4.79 Å². The molecule has 152 valence electrons. The van der Waals surface area contributed by atoms with Crippen molar-refractivity contribution in [2.24, 2.45) is 10.4 Å². The third-order valence-electron chi connectivity index (χ3n) is 3.69. The Hall–Kier alpha value is -1.26. The Kier molecular flexibility index (Phi) is 9.68. The van der Waals surface area contributed by atoms with Gasteiger partial charge in [-0.2, -0.15) is 0 Å². The van der Waals surface area contributed by atoms with Crippen LogP contribution < -0.4 is 16.0 Å². The summed E-state index contributed by atoms with van der Waals surface area (Å²) in [5.74, 6) is 0.597. The van der Waals surface area contributed by atoms with Gasteiger partial charge in [-0.1, -0.05) is 0 Å². The summed E-state index contributed by atoms with van der Waals surface area (Å²) in [5, 5.41) is 9.11. The van der Waals surface area contributed by atoms with Crippen molar-refractivity contribution >= 4 is 41.9 Å². The van der Waals surface area contributed by atoms with E-state index in [1.807, 2.05) is 41.5 Å². The zero-order valence-corrected chi connectivity index (χ0v) is 19.3. The first-order valence-corrected chi connectivity index (χ1v) is 8.73. The number of rotatable bonds is 5. The average Bonchev–Trinajstić information content (AvgIpc) is 2.44. The predicted molar refractivity (Wildman–Crippen MR) is 114 cm³/mol. The van der Waals surface area contributed by atoms with Crippen LogP contribution in [-0.2, 0) is 9.53 Å². The van der Waals surface area contributed by atoms with Crippen molar-refractivity contribution in [3.8, 4) is 0 Å². The molecule has 0 atom stereocenters. The molecule has 3 N–H and O–H groups in total. The number of carbonyl (C=O) groups excluding carboxylic acids is 2. The number of amides is 2. The average molecular weight is 483 g/mol. The van der Waals surface area contributed by atoms with Gasteiger partial charge in [0, 0.05) is 26.7 Å². The van der Waals surface area contributed by atoms with Crippen molar-refractivity contribution in [2.45, 2.75) is 53.2 Å². The zero-order valence-electron chi connectivity index (χ0n) is 16.9. The molecule has 1 rings (SSSR count). The van der Waals surface area contributed by atoms with Crippen molar-refractivity contribution in [3.05, 3.63) is 0 Å². The van der Waals surface area contributed by atoms with E-state index >= 15 is 0 Å². The Bertz CT molecular complexity index is 511. The van der Waals surface area contributed by atoms with Crippen LogP contribution in [0.3, 0.4) is 0 Å². The number of nitrogens with one attached hydrogen (secondary N) is 3. The Morgan fingerprint density at radius 2 is 1.77 bits per heavy atom. The normalized spacial score (nSPS) is 15.5. The summed E-state index contributed by atoms with van der Waals surface area (Å²) >= 11 is 0. The first kappa shape index (κ1) is 24.7. The maximum atomic E-state index is 11.9. The van der Waals surface area contributed by atoms with Crippen LogP contribution >= 0.6 is 24.0 Å². The van der Waals surface area contributed by atoms with E-state index in [1.54, 1.807) is 11.9 Å². The summed E-state index contributed by atoms with van der Waals surface area (Å²) in [7, 11) is 1.62. The van der Waals surface area contributed by atoms with Crippen molar-refractivity contribution in [1.82, 2.24) is 20.9 Å². The van der Waals surface area contributed by atoms with Crippen molar-refractivity contribution < 1.29 is 14.3 Å². The summed E-state index contributed by atoms with van der Waals surface area (Å²) in [6.45, 7) is 13.5. The molecule has 0 aromatic carbocycles. The molecule has 0 radical (unpaired) electrons. The summed E-state index contributed by atoms with van der Waals surface area (Å²) in [6, 6.07) is 0.119. The van der Waals surface area contributed by atoms with E-state index in [0.717, 1.165) is 6.54 Å². The van der Waals surface area contributed by atoms with Crippen LogP contribution in [0.15, 0.2) is 4.99 Å². The Balaban J connectivity index is 0.00000625. The number of hydrogen-bond donors (Lipinski definition) is 3. The van der Waals surface area contributed by atoms with Crippen molar-refractivity contribution in [1.29, 1.82) is 0 Å². The molecular weight excluding hydrogens is 449 g/mol. The van der Waals surface area contributed by atoms with E-state index in [-0.39, 0.29) is 42.0 Å². The quantitative estimate of drug-likeness (QED) is 0.314. The van der Waals surface area contributed by atoms with Gasteiger partial charge in [0.2, 0.25) is 5.91 Å². The van der Waals surface area contributed by atoms with E-state index in [1.165, 1.54) is 0 Å². The highest BCUT2D eigenvalue weighted by atomic mass is 127. The van der Waals surface area contributed by atoms with Gasteiger partial charge in [0.25, 0.3) is 0 Å². The molecule has 0 aliphatic carbocycles.